The average Bonchev–Trinajstić information content (AvgIpc) is 3.25. The summed E-state index contributed by atoms with van der Waals surface area (Å²) >= 11 is 0. The van der Waals surface area contributed by atoms with Crippen molar-refractivity contribution in [2.75, 3.05) is 20.2 Å². The minimum atomic E-state index is -3.71. The Morgan fingerprint density at radius 2 is 1.67 bits per heavy atom. The number of rotatable bonds is 6. The zero-order valence-electron chi connectivity index (χ0n) is 18.3. The molecule has 30 heavy (non-hydrogen) atoms. The van der Waals surface area contributed by atoms with Crippen LogP contribution < -0.4 is 10.1 Å². The highest BCUT2D eigenvalue weighted by Crippen LogP contribution is 2.30. The van der Waals surface area contributed by atoms with Crippen LogP contribution in [0.5, 0.6) is 5.75 Å². The van der Waals surface area contributed by atoms with Crippen LogP contribution in [-0.4, -0.2) is 38.8 Å². The van der Waals surface area contributed by atoms with Crippen molar-refractivity contribution in [3.63, 3.8) is 0 Å². The van der Waals surface area contributed by atoms with Crippen LogP contribution in [0.15, 0.2) is 35.2 Å². The van der Waals surface area contributed by atoms with Gasteiger partial charge in [-0.05, 0) is 81.0 Å². The van der Waals surface area contributed by atoms with E-state index in [1.807, 2.05) is 20.8 Å². The van der Waals surface area contributed by atoms with Crippen molar-refractivity contribution < 1.29 is 17.9 Å². The van der Waals surface area contributed by atoms with Gasteiger partial charge in [-0.25, -0.2) is 8.42 Å². The number of hydrogen-bond acceptors (Lipinski definition) is 4. The number of methoxy groups -OCH3 is 1. The van der Waals surface area contributed by atoms with Crippen LogP contribution in [0.4, 0.5) is 0 Å². The molecule has 0 radical (unpaired) electrons. The van der Waals surface area contributed by atoms with Gasteiger partial charge in [0.1, 0.15) is 10.6 Å². The van der Waals surface area contributed by atoms with Gasteiger partial charge in [-0.15, -0.1) is 0 Å². The molecule has 0 bridgehead atoms. The van der Waals surface area contributed by atoms with Gasteiger partial charge in [-0.1, -0.05) is 12.1 Å². The van der Waals surface area contributed by atoms with E-state index >= 15 is 0 Å². The Labute approximate surface area is 179 Å². The molecule has 2 aromatic carbocycles. The van der Waals surface area contributed by atoms with E-state index in [4.69, 9.17) is 4.74 Å². The van der Waals surface area contributed by atoms with Gasteiger partial charge in [0.25, 0.3) is 5.91 Å². The van der Waals surface area contributed by atoms with Gasteiger partial charge >= 0.3 is 0 Å². The van der Waals surface area contributed by atoms with Crippen molar-refractivity contribution in [2.24, 2.45) is 0 Å². The molecule has 0 unspecified atom stereocenters. The second kappa shape index (κ2) is 8.78. The summed E-state index contributed by atoms with van der Waals surface area (Å²) < 4.78 is 32.9. The molecule has 162 valence electrons. The topological polar surface area (TPSA) is 75.7 Å². The smallest absolute Gasteiger partial charge is 0.251 e. The molecule has 1 atom stereocenters. The molecule has 0 spiro atoms. The number of nitrogens with zero attached hydrogens (tertiary/aromatic N) is 1. The first kappa shape index (κ1) is 22.3. The van der Waals surface area contributed by atoms with Gasteiger partial charge < -0.3 is 10.1 Å². The summed E-state index contributed by atoms with van der Waals surface area (Å²) in [5.41, 5.74) is 4.83. The highest BCUT2D eigenvalue weighted by atomic mass is 32.2. The standard InChI is InChI=1S/C23H30N2O4S/c1-15-12-17(3)20(13-16(15)2)18(4)24-23(26)19-8-9-21(29-5)22(14-19)30(27,28)25-10-6-7-11-25/h8-9,12-14,18H,6-7,10-11H2,1-5H3,(H,24,26)/t18-/m1/s1. The Bertz CT molecular complexity index is 1060. The first-order valence-corrected chi connectivity index (χ1v) is 11.7. The number of hydrogen-bond donors (Lipinski definition) is 1. The highest BCUT2D eigenvalue weighted by molar-refractivity contribution is 7.89. The van der Waals surface area contributed by atoms with Gasteiger partial charge in [-0.2, -0.15) is 4.31 Å². The fourth-order valence-electron chi connectivity index (χ4n) is 3.89. The second-order valence-corrected chi connectivity index (χ2v) is 9.87. The number of carbonyl (C=O) groups excluding carboxylic acids is 1. The van der Waals surface area contributed by atoms with E-state index in [0.717, 1.165) is 24.0 Å². The molecule has 2 aromatic rings. The van der Waals surface area contributed by atoms with Crippen LogP contribution in [-0.2, 0) is 10.0 Å². The van der Waals surface area contributed by atoms with Gasteiger partial charge in [0.2, 0.25) is 10.0 Å². The third kappa shape index (κ3) is 4.37. The lowest BCUT2D eigenvalue weighted by Gasteiger charge is -2.20. The van der Waals surface area contributed by atoms with Crippen LogP contribution in [0.25, 0.3) is 0 Å². The highest BCUT2D eigenvalue weighted by Gasteiger charge is 2.30. The summed E-state index contributed by atoms with van der Waals surface area (Å²) in [6.07, 6.45) is 1.68. The maximum atomic E-state index is 13.1. The number of aryl methyl sites for hydroxylation is 3. The van der Waals surface area contributed by atoms with Gasteiger partial charge in [0.15, 0.2) is 0 Å². The van der Waals surface area contributed by atoms with Crippen molar-refractivity contribution >= 4 is 15.9 Å². The van der Waals surface area contributed by atoms with Crippen LogP contribution >= 0.6 is 0 Å². The number of amides is 1. The number of nitrogens with one attached hydrogen (secondary N) is 1. The molecule has 1 aliphatic heterocycles. The fourth-order valence-corrected chi connectivity index (χ4v) is 5.59. The first-order chi connectivity index (χ1) is 14.1. The Morgan fingerprint density at radius 3 is 2.30 bits per heavy atom. The zero-order chi connectivity index (χ0) is 22.1. The van der Waals surface area contributed by atoms with E-state index in [0.29, 0.717) is 18.7 Å². The number of carbonyl (C=O) groups is 1. The lowest BCUT2D eigenvalue weighted by atomic mass is 9.96. The first-order valence-electron chi connectivity index (χ1n) is 10.2. The lowest BCUT2D eigenvalue weighted by Crippen LogP contribution is -2.30. The van der Waals surface area contributed by atoms with E-state index < -0.39 is 10.0 Å². The molecule has 1 fully saturated rings. The molecule has 0 saturated carbocycles. The number of sulfonamides is 1. The minimum absolute atomic E-state index is 0.0366. The predicted molar refractivity (Wildman–Crippen MR) is 118 cm³/mol. The van der Waals surface area contributed by atoms with Crippen molar-refractivity contribution in [3.05, 3.63) is 58.1 Å². The summed E-state index contributed by atoms with van der Waals surface area (Å²) in [7, 11) is -2.27. The molecule has 1 amide bonds. The van der Waals surface area contributed by atoms with Crippen LogP contribution in [0.1, 0.15) is 58.4 Å². The van der Waals surface area contributed by atoms with Gasteiger partial charge in [0, 0.05) is 18.7 Å². The van der Waals surface area contributed by atoms with E-state index in [9.17, 15) is 13.2 Å². The molecular formula is C23H30N2O4S. The summed E-state index contributed by atoms with van der Waals surface area (Å²) in [5, 5.41) is 3.00. The molecule has 1 saturated heterocycles. The molecule has 6 nitrogen and oxygen atoms in total. The summed E-state index contributed by atoms with van der Waals surface area (Å²) in [6.45, 7) is 9.05. The van der Waals surface area contributed by atoms with Crippen LogP contribution in [0.3, 0.4) is 0 Å². The average molecular weight is 431 g/mol. The van der Waals surface area contributed by atoms with E-state index in [2.05, 4.69) is 24.4 Å². The van der Waals surface area contributed by atoms with E-state index in [1.165, 1.54) is 28.6 Å². The molecule has 1 heterocycles. The van der Waals surface area contributed by atoms with Crippen molar-refractivity contribution in [2.45, 2.75) is 51.5 Å². The van der Waals surface area contributed by atoms with E-state index in [-0.39, 0.29) is 22.6 Å². The Balaban J connectivity index is 1.89. The SMILES string of the molecule is COc1ccc(C(=O)N[C@H](C)c2cc(C)c(C)cc2C)cc1S(=O)(=O)N1CCCC1. The van der Waals surface area contributed by atoms with Crippen molar-refractivity contribution in [1.29, 1.82) is 0 Å². The van der Waals surface area contributed by atoms with Crippen LogP contribution in [0.2, 0.25) is 0 Å². The number of ether oxygens (including phenoxy) is 1. The third-order valence-electron chi connectivity index (χ3n) is 5.81. The molecule has 3 rings (SSSR count). The monoisotopic (exact) mass is 430 g/mol. The Morgan fingerprint density at radius 1 is 1.03 bits per heavy atom. The molecule has 0 aliphatic carbocycles. The molecule has 0 aromatic heterocycles. The summed E-state index contributed by atoms with van der Waals surface area (Å²) in [6, 6.07) is 8.55. The Hall–Kier alpha value is -2.38. The summed E-state index contributed by atoms with van der Waals surface area (Å²) in [5.74, 6) is -0.0721. The largest absolute Gasteiger partial charge is 0.495 e. The van der Waals surface area contributed by atoms with Gasteiger partial charge in [-0.3, -0.25) is 4.79 Å². The predicted octanol–water partition coefficient (Wildman–Crippen LogP) is 3.90. The van der Waals surface area contributed by atoms with Crippen molar-refractivity contribution in [1.82, 2.24) is 9.62 Å². The molecule has 1 aliphatic rings. The second-order valence-electron chi connectivity index (χ2n) is 7.97. The maximum Gasteiger partial charge on any atom is 0.251 e. The molecular weight excluding hydrogens is 400 g/mol. The normalized spacial score (nSPS) is 15.8. The zero-order valence-corrected chi connectivity index (χ0v) is 19.1. The quantitative estimate of drug-likeness (QED) is 0.754. The fraction of sp³-hybridized carbons (Fsp3) is 0.435. The van der Waals surface area contributed by atoms with Crippen LogP contribution in [0, 0.1) is 20.8 Å². The molecule has 7 heteroatoms. The minimum Gasteiger partial charge on any atom is -0.495 e. The Kier molecular flexibility index (Phi) is 6.53. The maximum absolute atomic E-state index is 13.1. The van der Waals surface area contributed by atoms with Gasteiger partial charge in [0.05, 0.1) is 13.2 Å². The molecule has 1 N–H and O–H groups in total. The van der Waals surface area contributed by atoms with E-state index in [1.54, 1.807) is 12.1 Å². The summed E-state index contributed by atoms with van der Waals surface area (Å²) in [4.78, 5) is 13.0. The number of benzene rings is 2. The third-order valence-corrected chi connectivity index (χ3v) is 7.72. The lowest BCUT2D eigenvalue weighted by molar-refractivity contribution is 0.0939. The van der Waals surface area contributed by atoms with Crippen molar-refractivity contribution in [3.8, 4) is 5.75 Å².